The lowest BCUT2D eigenvalue weighted by atomic mass is 9.93. The van der Waals surface area contributed by atoms with E-state index >= 15 is 0 Å². The molecule has 0 aliphatic heterocycles. The van der Waals surface area contributed by atoms with Gasteiger partial charge in [-0.15, -0.1) is 6.58 Å². The van der Waals surface area contributed by atoms with Gasteiger partial charge in [0.05, 0.1) is 6.07 Å². The van der Waals surface area contributed by atoms with Crippen molar-refractivity contribution in [2.45, 2.75) is 33.7 Å². The zero-order valence-corrected chi connectivity index (χ0v) is 9.37. The lowest BCUT2D eigenvalue weighted by Gasteiger charge is -2.30. The van der Waals surface area contributed by atoms with Crippen LogP contribution in [0, 0.1) is 16.7 Å². The Bertz CT molecular complexity index is 261. The average Bonchev–Trinajstić information content (AvgIpc) is 2.12. The molecule has 0 aromatic rings. The second kappa shape index (κ2) is 4.80. The molecule has 78 valence electrons. The molecule has 3 heteroatoms. The molecule has 1 amide bonds. The SMILES string of the molecule is C=CCN(C(=O)C(C)(C)C#N)C(C)C. The van der Waals surface area contributed by atoms with Crippen LogP contribution >= 0.6 is 0 Å². The first kappa shape index (κ1) is 12.7. The maximum absolute atomic E-state index is 11.9. The van der Waals surface area contributed by atoms with Crippen LogP contribution in [0.25, 0.3) is 0 Å². The molecule has 0 fully saturated rings. The van der Waals surface area contributed by atoms with Crippen molar-refractivity contribution in [3.05, 3.63) is 12.7 Å². The predicted molar refractivity (Wildman–Crippen MR) is 56.4 cm³/mol. The number of hydrogen-bond acceptors (Lipinski definition) is 2. The van der Waals surface area contributed by atoms with E-state index in [1.54, 1.807) is 24.8 Å². The van der Waals surface area contributed by atoms with E-state index in [1.165, 1.54) is 0 Å². The van der Waals surface area contributed by atoms with Crippen LogP contribution in [0.4, 0.5) is 0 Å². The van der Waals surface area contributed by atoms with Gasteiger partial charge in [0.1, 0.15) is 5.41 Å². The molecule has 0 radical (unpaired) electrons. The van der Waals surface area contributed by atoms with E-state index in [9.17, 15) is 4.79 Å². The Morgan fingerprint density at radius 1 is 1.64 bits per heavy atom. The van der Waals surface area contributed by atoms with Crippen LogP contribution < -0.4 is 0 Å². The van der Waals surface area contributed by atoms with Gasteiger partial charge in [-0.25, -0.2) is 0 Å². The summed E-state index contributed by atoms with van der Waals surface area (Å²) < 4.78 is 0. The highest BCUT2D eigenvalue weighted by Crippen LogP contribution is 2.18. The molecule has 0 saturated heterocycles. The molecule has 14 heavy (non-hydrogen) atoms. The Balaban J connectivity index is 4.78. The van der Waals surface area contributed by atoms with Crippen molar-refractivity contribution in [1.82, 2.24) is 4.90 Å². The number of nitriles is 1. The number of nitrogens with zero attached hydrogens (tertiary/aromatic N) is 2. The summed E-state index contributed by atoms with van der Waals surface area (Å²) in [5.41, 5.74) is -0.951. The fourth-order valence-corrected chi connectivity index (χ4v) is 1.07. The summed E-state index contributed by atoms with van der Waals surface area (Å²) in [4.78, 5) is 13.5. The second-order valence-electron chi connectivity index (χ2n) is 4.08. The third-order valence-electron chi connectivity index (χ3n) is 2.02. The van der Waals surface area contributed by atoms with Gasteiger partial charge in [0.25, 0.3) is 0 Å². The van der Waals surface area contributed by atoms with E-state index in [0.717, 1.165) is 0 Å². The van der Waals surface area contributed by atoms with Crippen LogP contribution in [-0.2, 0) is 4.79 Å². The molecule has 0 N–H and O–H groups in total. The number of carbonyl (C=O) groups is 1. The summed E-state index contributed by atoms with van der Waals surface area (Å²) in [6.45, 7) is 11.2. The quantitative estimate of drug-likeness (QED) is 0.642. The Labute approximate surface area is 86.0 Å². The van der Waals surface area contributed by atoms with Gasteiger partial charge in [-0.05, 0) is 27.7 Å². The highest BCUT2D eigenvalue weighted by atomic mass is 16.2. The second-order valence-corrected chi connectivity index (χ2v) is 4.08. The van der Waals surface area contributed by atoms with E-state index < -0.39 is 5.41 Å². The molecular formula is C11H18N2O. The molecule has 0 heterocycles. The number of amides is 1. The Morgan fingerprint density at radius 3 is 2.43 bits per heavy atom. The molecule has 0 aromatic carbocycles. The van der Waals surface area contributed by atoms with Gasteiger partial charge < -0.3 is 4.90 Å². The highest BCUT2D eigenvalue weighted by Gasteiger charge is 2.32. The summed E-state index contributed by atoms with van der Waals surface area (Å²) >= 11 is 0. The number of rotatable bonds is 4. The maximum Gasteiger partial charge on any atom is 0.242 e. The highest BCUT2D eigenvalue weighted by molar-refractivity contribution is 5.84. The zero-order valence-electron chi connectivity index (χ0n) is 9.37. The normalized spacial score (nSPS) is 10.9. The lowest BCUT2D eigenvalue weighted by Crippen LogP contribution is -2.44. The molecular weight excluding hydrogens is 176 g/mol. The summed E-state index contributed by atoms with van der Waals surface area (Å²) in [7, 11) is 0. The van der Waals surface area contributed by atoms with Gasteiger partial charge in [-0.2, -0.15) is 5.26 Å². The maximum atomic E-state index is 11.9. The fourth-order valence-electron chi connectivity index (χ4n) is 1.07. The van der Waals surface area contributed by atoms with Crippen LogP contribution in [0.5, 0.6) is 0 Å². The van der Waals surface area contributed by atoms with Crippen LogP contribution in [0.15, 0.2) is 12.7 Å². The van der Waals surface area contributed by atoms with Crippen molar-refractivity contribution >= 4 is 5.91 Å². The van der Waals surface area contributed by atoms with E-state index in [-0.39, 0.29) is 11.9 Å². The summed E-state index contributed by atoms with van der Waals surface area (Å²) in [6.07, 6.45) is 1.67. The van der Waals surface area contributed by atoms with Gasteiger partial charge in [-0.1, -0.05) is 6.08 Å². The topological polar surface area (TPSA) is 44.1 Å². The molecule has 0 atom stereocenters. The van der Waals surface area contributed by atoms with Gasteiger partial charge in [0.2, 0.25) is 5.91 Å². The minimum Gasteiger partial charge on any atom is -0.335 e. The number of hydrogen-bond donors (Lipinski definition) is 0. The lowest BCUT2D eigenvalue weighted by molar-refractivity contribution is -0.138. The monoisotopic (exact) mass is 194 g/mol. The zero-order chi connectivity index (χ0) is 11.4. The van der Waals surface area contributed by atoms with Crippen molar-refractivity contribution in [2.24, 2.45) is 5.41 Å². The molecule has 0 aromatic heterocycles. The van der Waals surface area contributed by atoms with Crippen LogP contribution in [0.3, 0.4) is 0 Å². The van der Waals surface area contributed by atoms with Crippen molar-refractivity contribution in [1.29, 1.82) is 5.26 Å². The molecule has 0 bridgehead atoms. The van der Waals surface area contributed by atoms with Crippen LogP contribution in [-0.4, -0.2) is 23.4 Å². The standard InChI is InChI=1S/C11H18N2O/c1-6-7-13(9(2)3)10(14)11(4,5)8-12/h6,9H,1,7H2,2-5H3. The average molecular weight is 194 g/mol. The van der Waals surface area contributed by atoms with Gasteiger partial charge in [-0.3, -0.25) is 4.79 Å². The Kier molecular flexibility index (Phi) is 4.36. The first-order valence-electron chi connectivity index (χ1n) is 4.70. The van der Waals surface area contributed by atoms with E-state index in [2.05, 4.69) is 6.58 Å². The Hall–Kier alpha value is -1.30. The number of carbonyl (C=O) groups excluding carboxylic acids is 1. The smallest absolute Gasteiger partial charge is 0.242 e. The predicted octanol–water partition coefficient (Wildman–Crippen LogP) is 1.96. The van der Waals surface area contributed by atoms with Crippen LogP contribution in [0.1, 0.15) is 27.7 Å². The third-order valence-corrected chi connectivity index (χ3v) is 2.02. The third kappa shape index (κ3) is 2.88. The van der Waals surface area contributed by atoms with Gasteiger partial charge in [0.15, 0.2) is 0 Å². The molecule has 0 spiro atoms. The van der Waals surface area contributed by atoms with Crippen molar-refractivity contribution in [3.8, 4) is 6.07 Å². The van der Waals surface area contributed by atoms with E-state index in [0.29, 0.717) is 6.54 Å². The van der Waals surface area contributed by atoms with E-state index in [1.807, 2.05) is 19.9 Å². The Morgan fingerprint density at radius 2 is 2.14 bits per heavy atom. The fraction of sp³-hybridized carbons (Fsp3) is 0.636. The molecule has 0 saturated carbocycles. The van der Waals surface area contributed by atoms with Crippen LogP contribution in [0.2, 0.25) is 0 Å². The van der Waals surface area contributed by atoms with Gasteiger partial charge >= 0.3 is 0 Å². The summed E-state index contributed by atoms with van der Waals surface area (Å²) in [5.74, 6) is -0.144. The molecule has 0 aliphatic carbocycles. The summed E-state index contributed by atoms with van der Waals surface area (Å²) in [5, 5.41) is 8.84. The molecule has 0 aliphatic rings. The summed E-state index contributed by atoms with van der Waals surface area (Å²) in [6, 6.07) is 2.10. The minimum absolute atomic E-state index is 0.0909. The molecule has 0 unspecified atom stereocenters. The van der Waals surface area contributed by atoms with Crippen molar-refractivity contribution < 1.29 is 4.79 Å². The first-order chi connectivity index (χ1) is 6.36. The van der Waals surface area contributed by atoms with Crippen molar-refractivity contribution in [2.75, 3.05) is 6.54 Å². The largest absolute Gasteiger partial charge is 0.335 e. The van der Waals surface area contributed by atoms with E-state index in [4.69, 9.17) is 5.26 Å². The first-order valence-corrected chi connectivity index (χ1v) is 4.70. The van der Waals surface area contributed by atoms with Crippen molar-refractivity contribution in [3.63, 3.8) is 0 Å². The molecule has 0 rings (SSSR count). The minimum atomic E-state index is -0.951. The van der Waals surface area contributed by atoms with Gasteiger partial charge in [0, 0.05) is 12.6 Å². The molecule has 3 nitrogen and oxygen atoms in total.